The molecule has 0 aliphatic carbocycles. The summed E-state index contributed by atoms with van der Waals surface area (Å²) in [4.78, 5) is 45.0. The van der Waals surface area contributed by atoms with E-state index in [0.717, 1.165) is 10.4 Å². The first-order valence-corrected chi connectivity index (χ1v) is 7.90. The Balaban J connectivity index is 1.89. The maximum Gasteiger partial charge on any atom is 0.345 e. The van der Waals surface area contributed by atoms with Crippen molar-refractivity contribution in [3.05, 3.63) is 48.8 Å². The first kappa shape index (κ1) is 15.4. The molecule has 2 aromatic rings. The minimum Gasteiger partial charge on any atom is -0.477 e. The van der Waals surface area contributed by atoms with Gasteiger partial charge in [0.05, 0.1) is 12.2 Å². The van der Waals surface area contributed by atoms with Crippen molar-refractivity contribution >= 4 is 23.2 Å². The molecule has 120 valence electrons. The van der Waals surface area contributed by atoms with Gasteiger partial charge in [-0.2, -0.15) is 0 Å². The summed E-state index contributed by atoms with van der Waals surface area (Å²) in [6.45, 7) is 4.20. The van der Waals surface area contributed by atoms with Crippen LogP contribution in [0.25, 0.3) is 0 Å². The molecule has 2 aromatic heterocycles. The lowest BCUT2D eigenvalue weighted by Crippen LogP contribution is -2.39. The predicted molar refractivity (Wildman–Crippen MR) is 84.1 cm³/mol. The fraction of sp³-hybridized carbons (Fsp3) is 0.333. The standard InChI is InChI=1S/C15H15N3O4S/c1-7-8(2)17-13(19)12(16-7)14(20)18-4-3-9-5-10(15(21)22)23-11(9)6-18/h5H,3-4,6H2,1-2H3,(H,17,19)(H,21,22). The van der Waals surface area contributed by atoms with E-state index in [2.05, 4.69) is 9.97 Å². The molecule has 3 heterocycles. The summed E-state index contributed by atoms with van der Waals surface area (Å²) < 4.78 is 0. The van der Waals surface area contributed by atoms with Crippen LogP contribution in [0.5, 0.6) is 0 Å². The van der Waals surface area contributed by atoms with Crippen LogP contribution in [0.15, 0.2) is 10.9 Å². The summed E-state index contributed by atoms with van der Waals surface area (Å²) >= 11 is 1.17. The number of hydrogen-bond donors (Lipinski definition) is 2. The minimum absolute atomic E-state index is 0.119. The molecule has 0 unspecified atom stereocenters. The maximum atomic E-state index is 12.6. The molecule has 0 atom stereocenters. The molecule has 3 rings (SSSR count). The number of carboxylic acid groups (broad SMARTS) is 1. The molecule has 0 aromatic carbocycles. The number of fused-ring (bicyclic) bond motifs is 1. The first-order chi connectivity index (χ1) is 10.9. The van der Waals surface area contributed by atoms with Gasteiger partial charge in [-0.05, 0) is 31.9 Å². The van der Waals surface area contributed by atoms with E-state index in [1.807, 2.05) is 0 Å². The van der Waals surface area contributed by atoms with Gasteiger partial charge in [-0.3, -0.25) is 9.59 Å². The summed E-state index contributed by atoms with van der Waals surface area (Å²) in [7, 11) is 0. The number of hydrogen-bond acceptors (Lipinski definition) is 5. The summed E-state index contributed by atoms with van der Waals surface area (Å²) in [5.41, 5.74) is 1.58. The molecule has 0 saturated heterocycles. The van der Waals surface area contributed by atoms with Gasteiger partial charge in [0.1, 0.15) is 4.88 Å². The predicted octanol–water partition coefficient (Wildman–Crippen LogP) is 1.34. The number of aromatic nitrogens is 2. The van der Waals surface area contributed by atoms with Crippen molar-refractivity contribution in [2.75, 3.05) is 6.54 Å². The Kier molecular flexibility index (Phi) is 3.77. The lowest BCUT2D eigenvalue weighted by molar-refractivity contribution is 0.0699. The molecule has 0 saturated carbocycles. The van der Waals surface area contributed by atoms with Gasteiger partial charge in [-0.15, -0.1) is 11.3 Å². The molecular weight excluding hydrogens is 318 g/mol. The van der Waals surface area contributed by atoms with E-state index < -0.39 is 17.4 Å². The Morgan fingerprint density at radius 1 is 1.39 bits per heavy atom. The zero-order valence-corrected chi connectivity index (χ0v) is 13.5. The van der Waals surface area contributed by atoms with Gasteiger partial charge < -0.3 is 15.0 Å². The summed E-state index contributed by atoms with van der Waals surface area (Å²) in [6.07, 6.45) is 0.577. The number of carbonyl (C=O) groups is 2. The highest BCUT2D eigenvalue weighted by atomic mass is 32.1. The van der Waals surface area contributed by atoms with Crippen molar-refractivity contribution in [3.8, 4) is 0 Å². The minimum atomic E-state index is -0.963. The molecule has 2 N–H and O–H groups in total. The Morgan fingerprint density at radius 2 is 2.13 bits per heavy atom. The average Bonchev–Trinajstić information content (AvgIpc) is 2.93. The normalized spacial score (nSPS) is 13.7. The first-order valence-electron chi connectivity index (χ1n) is 7.08. The topological polar surface area (TPSA) is 103 Å². The largest absolute Gasteiger partial charge is 0.477 e. The molecule has 0 radical (unpaired) electrons. The van der Waals surface area contributed by atoms with Gasteiger partial charge in [-0.1, -0.05) is 0 Å². The Hall–Kier alpha value is -2.48. The van der Waals surface area contributed by atoms with Crippen molar-refractivity contribution in [3.63, 3.8) is 0 Å². The number of carboxylic acids is 1. The smallest absolute Gasteiger partial charge is 0.345 e. The number of H-pyrrole nitrogens is 1. The average molecular weight is 333 g/mol. The van der Waals surface area contributed by atoms with Crippen LogP contribution in [0.1, 0.15) is 42.0 Å². The maximum absolute atomic E-state index is 12.6. The third-order valence-corrected chi connectivity index (χ3v) is 5.07. The number of carbonyl (C=O) groups excluding carboxylic acids is 1. The van der Waals surface area contributed by atoms with Crippen LogP contribution in [-0.4, -0.2) is 38.4 Å². The summed E-state index contributed by atoms with van der Waals surface area (Å²) in [5, 5.41) is 9.05. The van der Waals surface area contributed by atoms with Crippen LogP contribution in [0.2, 0.25) is 0 Å². The second-order valence-electron chi connectivity index (χ2n) is 5.47. The van der Waals surface area contributed by atoms with Gasteiger partial charge in [0.15, 0.2) is 5.69 Å². The summed E-state index contributed by atoms with van der Waals surface area (Å²) in [5.74, 6) is -1.39. The van der Waals surface area contributed by atoms with Crippen molar-refractivity contribution in [2.24, 2.45) is 0 Å². The van der Waals surface area contributed by atoms with Crippen molar-refractivity contribution < 1.29 is 14.7 Å². The third-order valence-electron chi connectivity index (χ3n) is 3.92. The quantitative estimate of drug-likeness (QED) is 0.863. The molecule has 1 amide bonds. The highest BCUT2D eigenvalue weighted by Crippen LogP contribution is 2.28. The van der Waals surface area contributed by atoms with E-state index in [1.165, 1.54) is 16.2 Å². The number of aromatic amines is 1. The zero-order chi connectivity index (χ0) is 16.7. The summed E-state index contributed by atoms with van der Waals surface area (Å²) in [6, 6.07) is 1.66. The van der Waals surface area contributed by atoms with E-state index in [4.69, 9.17) is 5.11 Å². The van der Waals surface area contributed by atoms with Crippen LogP contribution in [0.3, 0.4) is 0 Å². The van der Waals surface area contributed by atoms with E-state index >= 15 is 0 Å². The lowest BCUT2D eigenvalue weighted by Gasteiger charge is -2.26. The SMILES string of the molecule is Cc1nc(C(=O)N2CCc3cc(C(=O)O)sc3C2)c(=O)[nH]c1C. The molecular formula is C15H15N3O4S. The van der Waals surface area contributed by atoms with Gasteiger partial charge in [0.25, 0.3) is 11.5 Å². The molecule has 0 bridgehead atoms. The number of nitrogens with one attached hydrogen (secondary N) is 1. The number of rotatable bonds is 2. The van der Waals surface area contributed by atoms with Crippen molar-refractivity contribution in [1.29, 1.82) is 0 Å². The van der Waals surface area contributed by atoms with Crippen molar-refractivity contribution in [2.45, 2.75) is 26.8 Å². The second kappa shape index (κ2) is 5.62. The monoisotopic (exact) mass is 333 g/mol. The second-order valence-corrected chi connectivity index (χ2v) is 6.60. The van der Waals surface area contributed by atoms with E-state index in [1.54, 1.807) is 19.9 Å². The van der Waals surface area contributed by atoms with Gasteiger partial charge in [0.2, 0.25) is 0 Å². The number of thiophene rings is 1. The number of aromatic carboxylic acids is 1. The van der Waals surface area contributed by atoms with Crippen LogP contribution in [0.4, 0.5) is 0 Å². The van der Waals surface area contributed by atoms with Crippen LogP contribution in [-0.2, 0) is 13.0 Å². The van der Waals surface area contributed by atoms with Crippen LogP contribution in [0, 0.1) is 13.8 Å². The highest BCUT2D eigenvalue weighted by molar-refractivity contribution is 7.14. The van der Waals surface area contributed by atoms with Gasteiger partial charge in [0, 0.05) is 17.1 Å². The van der Waals surface area contributed by atoms with E-state index in [0.29, 0.717) is 30.9 Å². The van der Waals surface area contributed by atoms with Gasteiger partial charge in [-0.25, -0.2) is 9.78 Å². The zero-order valence-electron chi connectivity index (χ0n) is 12.7. The molecule has 0 spiro atoms. The van der Waals surface area contributed by atoms with Crippen LogP contribution >= 0.6 is 11.3 Å². The number of aryl methyl sites for hydroxylation is 2. The molecule has 7 nitrogen and oxygen atoms in total. The van der Waals surface area contributed by atoms with E-state index in [-0.39, 0.29) is 10.6 Å². The number of nitrogens with zero attached hydrogens (tertiary/aromatic N) is 2. The Morgan fingerprint density at radius 3 is 2.83 bits per heavy atom. The fourth-order valence-corrected chi connectivity index (χ4v) is 3.58. The molecule has 1 aliphatic rings. The Labute approximate surface area is 135 Å². The van der Waals surface area contributed by atoms with Crippen LogP contribution < -0.4 is 5.56 Å². The van der Waals surface area contributed by atoms with Crippen molar-refractivity contribution in [1.82, 2.24) is 14.9 Å². The number of amides is 1. The molecule has 0 fully saturated rings. The third kappa shape index (κ3) is 2.77. The highest BCUT2D eigenvalue weighted by Gasteiger charge is 2.27. The Bertz CT molecular complexity index is 868. The fourth-order valence-electron chi connectivity index (χ4n) is 2.52. The van der Waals surface area contributed by atoms with Gasteiger partial charge >= 0.3 is 5.97 Å². The van der Waals surface area contributed by atoms with E-state index in [9.17, 15) is 14.4 Å². The molecule has 1 aliphatic heterocycles. The molecule has 8 heteroatoms. The lowest BCUT2D eigenvalue weighted by atomic mass is 10.1. The molecule has 23 heavy (non-hydrogen) atoms.